The second-order valence-corrected chi connectivity index (χ2v) is 7.58. The van der Waals surface area contributed by atoms with Crippen molar-refractivity contribution in [2.45, 2.75) is 12.3 Å². The monoisotopic (exact) mass is 438 g/mol. The van der Waals surface area contributed by atoms with Gasteiger partial charge < -0.3 is 14.7 Å². The van der Waals surface area contributed by atoms with Gasteiger partial charge >= 0.3 is 6.09 Å². The topological polar surface area (TPSA) is 92.9 Å². The minimum Gasteiger partial charge on any atom is -0.445 e. The van der Waals surface area contributed by atoms with Crippen molar-refractivity contribution in [1.82, 2.24) is 4.90 Å². The van der Waals surface area contributed by atoms with E-state index in [-0.39, 0.29) is 24.3 Å². The molecule has 0 fully saturated rings. The maximum absolute atomic E-state index is 13.0. The highest BCUT2D eigenvalue weighted by atomic mass is 35.5. The Labute approximate surface area is 185 Å². The van der Waals surface area contributed by atoms with E-state index in [4.69, 9.17) is 22.1 Å². The SMILES string of the molecule is CN(CC(=O)c1ccc(Cl)cc1C(N)(O)c1ccccc1)C(=O)OCc1ccccc1. The smallest absolute Gasteiger partial charge is 0.410 e. The molecule has 3 N–H and O–H groups in total. The fourth-order valence-electron chi connectivity index (χ4n) is 3.12. The van der Waals surface area contributed by atoms with Gasteiger partial charge in [-0.05, 0) is 23.8 Å². The third-order valence-electron chi connectivity index (χ3n) is 4.80. The second kappa shape index (κ2) is 9.75. The van der Waals surface area contributed by atoms with Crippen molar-refractivity contribution in [3.05, 3.63) is 106 Å². The van der Waals surface area contributed by atoms with Gasteiger partial charge in [0.25, 0.3) is 0 Å². The van der Waals surface area contributed by atoms with Gasteiger partial charge in [0.1, 0.15) is 6.61 Å². The van der Waals surface area contributed by atoms with Crippen LogP contribution >= 0.6 is 11.6 Å². The quantitative estimate of drug-likeness (QED) is 0.430. The molecular formula is C24H23ClN2O4. The summed E-state index contributed by atoms with van der Waals surface area (Å²) in [6, 6.07) is 22.3. The first-order valence-electron chi connectivity index (χ1n) is 9.61. The Kier molecular flexibility index (Phi) is 7.07. The summed E-state index contributed by atoms with van der Waals surface area (Å²) in [6.07, 6.45) is -0.640. The molecule has 3 rings (SSSR count). The molecule has 3 aromatic rings. The third kappa shape index (κ3) is 5.49. The van der Waals surface area contributed by atoms with Crippen molar-refractivity contribution < 1.29 is 19.4 Å². The van der Waals surface area contributed by atoms with Crippen molar-refractivity contribution in [3.8, 4) is 0 Å². The van der Waals surface area contributed by atoms with Crippen LogP contribution in [0.3, 0.4) is 0 Å². The summed E-state index contributed by atoms with van der Waals surface area (Å²) in [5.41, 5.74) is 5.83. The van der Waals surface area contributed by atoms with E-state index in [9.17, 15) is 14.7 Å². The van der Waals surface area contributed by atoms with Gasteiger partial charge in [-0.25, -0.2) is 4.79 Å². The number of ether oxygens (including phenoxy) is 1. The maximum Gasteiger partial charge on any atom is 0.410 e. The Morgan fingerprint density at radius 1 is 1.03 bits per heavy atom. The maximum atomic E-state index is 13.0. The van der Waals surface area contributed by atoms with Crippen molar-refractivity contribution in [3.63, 3.8) is 0 Å². The summed E-state index contributed by atoms with van der Waals surface area (Å²) in [6.45, 7) is -0.159. The van der Waals surface area contributed by atoms with Gasteiger partial charge in [-0.2, -0.15) is 0 Å². The Morgan fingerprint density at radius 2 is 1.65 bits per heavy atom. The lowest BCUT2D eigenvalue weighted by Gasteiger charge is -2.27. The highest BCUT2D eigenvalue weighted by molar-refractivity contribution is 6.30. The molecule has 7 heteroatoms. The number of likely N-dealkylation sites (N-methyl/N-ethyl adjacent to an activating group) is 1. The molecule has 0 aliphatic carbocycles. The number of Topliss-reactive ketones (excluding diaryl/α,β-unsaturated/α-hetero) is 1. The van der Waals surface area contributed by atoms with E-state index in [0.29, 0.717) is 10.6 Å². The molecule has 0 aliphatic rings. The number of rotatable bonds is 7. The molecule has 160 valence electrons. The minimum atomic E-state index is -1.94. The summed E-state index contributed by atoms with van der Waals surface area (Å²) in [5, 5.41) is 11.3. The van der Waals surface area contributed by atoms with Crippen molar-refractivity contribution in [2.24, 2.45) is 5.73 Å². The van der Waals surface area contributed by atoms with Gasteiger partial charge in [0.05, 0.1) is 6.54 Å². The summed E-state index contributed by atoms with van der Waals surface area (Å²) in [7, 11) is 1.46. The Morgan fingerprint density at radius 3 is 2.29 bits per heavy atom. The van der Waals surface area contributed by atoms with Crippen LogP contribution in [0.1, 0.15) is 27.0 Å². The molecule has 0 heterocycles. The molecule has 0 aromatic heterocycles. The zero-order valence-electron chi connectivity index (χ0n) is 17.0. The first kappa shape index (κ1) is 22.5. The van der Waals surface area contributed by atoms with Crippen molar-refractivity contribution in [2.75, 3.05) is 13.6 Å². The molecule has 0 radical (unpaired) electrons. The zero-order chi connectivity index (χ0) is 22.4. The molecule has 0 saturated carbocycles. The molecule has 1 amide bonds. The number of hydrogen-bond acceptors (Lipinski definition) is 5. The van der Waals surface area contributed by atoms with Crippen molar-refractivity contribution >= 4 is 23.5 Å². The van der Waals surface area contributed by atoms with Crippen molar-refractivity contribution in [1.29, 1.82) is 0 Å². The van der Waals surface area contributed by atoms with Crippen LogP contribution in [0.15, 0.2) is 78.9 Å². The molecule has 6 nitrogen and oxygen atoms in total. The number of nitrogens with zero attached hydrogens (tertiary/aromatic N) is 1. The van der Waals surface area contributed by atoms with Crippen LogP contribution in [-0.4, -0.2) is 35.5 Å². The molecule has 0 saturated heterocycles. The number of benzene rings is 3. The highest BCUT2D eigenvalue weighted by Gasteiger charge is 2.31. The van der Waals surface area contributed by atoms with E-state index in [2.05, 4.69) is 0 Å². The van der Waals surface area contributed by atoms with Crippen LogP contribution in [0, 0.1) is 0 Å². The van der Waals surface area contributed by atoms with Crippen LogP contribution in [0.25, 0.3) is 0 Å². The Hall–Kier alpha value is -3.19. The van der Waals surface area contributed by atoms with Gasteiger partial charge in [0, 0.05) is 28.8 Å². The van der Waals surface area contributed by atoms with Crippen LogP contribution in [0.5, 0.6) is 0 Å². The summed E-state index contributed by atoms with van der Waals surface area (Å²) >= 11 is 6.11. The number of carbonyl (C=O) groups excluding carboxylic acids is 2. The summed E-state index contributed by atoms with van der Waals surface area (Å²) in [4.78, 5) is 26.4. The molecule has 31 heavy (non-hydrogen) atoms. The van der Waals surface area contributed by atoms with E-state index in [1.807, 2.05) is 30.3 Å². The molecule has 0 bridgehead atoms. The van der Waals surface area contributed by atoms with Gasteiger partial charge in [-0.1, -0.05) is 72.3 Å². The molecule has 1 atom stereocenters. The van der Waals surface area contributed by atoms with Gasteiger partial charge in [0.15, 0.2) is 11.5 Å². The Balaban J connectivity index is 1.76. The largest absolute Gasteiger partial charge is 0.445 e. The van der Waals surface area contributed by atoms with E-state index in [0.717, 1.165) is 5.56 Å². The fourth-order valence-corrected chi connectivity index (χ4v) is 3.29. The first-order chi connectivity index (χ1) is 14.8. The van der Waals surface area contributed by atoms with E-state index in [1.165, 1.54) is 30.1 Å². The second-order valence-electron chi connectivity index (χ2n) is 7.14. The van der Waals surface area contributed by atoms with E-state index >= 15 is 0 Å². The number of hydrogen-bond donors (Lipinski definition) is 2. The molecule has 0 spiro atoms. The number of nitrogens with two attached hydrogens (primary N) is 1. The fraction of sp³-hybridized carbons (Fsp3) is 0.167. The lowest BCUT2D eigenvalue weighted by atomic mass is 9.89. The number of ketones is 1. The van der Waals surface area contributed by atoms with Crippen LogP contribution in [0.4, 0.5) is 4.79 Å². The van der Waals surface area contributed by atoms with Gasteiger partial charge in [0.2, 0.25) is 0 Å². The zero-order valence-corrected chi connectivity index (χ0v) is 17.8. The predicted molar refractivity (Wildman–Crippen MR) is 119 cm³/mol. The van der Waals surface area contributed by atoms with Crippen LogP contribution in [0.2, 0.25) is 5.02 Å². The minimum absolute atomic E-state index is 0.0982. The third-order valence-corrected chi connectivity index (χ3v) is 5.04. The van der Waals surface area contributed by atoms with Gasteiger partial charge in [-0.3, -0.25) is 10.5 Å². The number of halogens is 1. The average molecular weight is 439 g/mol. The first-order valence-corrected chi connectivity index (χ1v) is 9.98. The number of aliphatic hydroxyl groups is 1. The van der Waals surface area contributed by atoms with Gasteiger partial charge in [-0.15, -0.1) is 0 Å². The number of amides is 1. The predicted octanol–water partition coefficient (Wildman–Crippen LogP) is 3.94. The summed E-state index contributed by atoms with van der Waals surface area (Å²) in [5.74, 6) is -0.411. The highest BCUT2D eigenvalue weighted by Crippen LogP contribution is 2.30. The molecule has 1 unspecified atom stereocenters. The standard InChI is InChI=1S/C24H23ClN2O4/c1-27(23(29)31-16-17-8-4-2-5-9-17)15-22(28)20-13-12-19(25)14-21(20)24(26,30)18-10-6-3-7-11-18/h2-14,30H,15-16,26H2,1H3. The molecule has 0 aliphatic heterocycles. The van der Waals surface area contributed by atoms with Crippen LogP contribution < -0.4 is 5.73 Å². The molecular weight excluding hydrogens is 416 g/mol. The van der Waals surface area contributed by atoms with E-state index in [1.54, 1.807) is 30.3 Å². The number of carbonyl (C=O) groups is 2. The normalized spacial score (nSPS) is 12.6. The average Bonchev–Trinajstić information content (AvgIpc) is 2.78. The summed E-state index contributed by atoms with van der Waals surface area (Å²) < 4.78 is 5.25. The lowest BCUT2D eigenvalue weighted by molar-refractivity contribution is 0.0791. The van der Waals surface area contributed by atoms with Crippen LogP contribution in [-0.2, 0) is 17.1 Å². The van der Waals surface area contributed by atoms with E-state index < -0.39 is 17.6 Å². The molecule has 3 aromatic carbocycles. The lowest BCUT2D eigenvalue weighted by Crippen LogP contribution is -2.40. The Bertz CT molecular complexity index is 1060.